The number of rotatable bonds is 6. The standard InChI is InChI=1S/C18H13ClF3N3O3S/c19-13-3-1-2-4-14(13)25-17(9-15(24-25)18(20,21)22)28-10-16(26)23-11-5-7-12(29-27)8-6-11/h1-9,27H,10H2,(H,23,26). The Morgan fingerprint density at radius 1 is 1.21 bits per heavy atom. The zero-order valence-corrected chi connectivity index (χ0v) is 16.1. The third kappa shape index (κ3) is 5.22. The molecule has 0 saturated heterocycles. The van der Waals surface area contributed by atoms with Gasteiger partial charge in [0.25, 0.3) is 5.91 Å². The van der Waals surface area contributed by atoms with Gasteiger partial charge in [-0.15, -0.1) is 0 Å². The summed E-state index contributed by atoms with van der Waals surface area (Å²) in [7, 11) is 0. The molecule has 0 radical (unpaired) electrons. The number of anilines is 1. The van der Waals surface area contributed by atoms with E-state index in [1.807, 2.05) is 0 Å². The van der Waals surface area contributed by atoms with Crippen molar-refractivity contribution < 1.29 is 27.3 Å². The Labute approximate surface area is 172 Å². The van der Waals surface area contributed by atoms with E-state index in [-0.39, 0.29) is 16.6 Å². The van der Waals surface area contributed by atoms with E-state index >= 15 is 0 Å². The van der Waals surface area contributed by atoms with Gasteiger partial charge in [0.05, 0.1) is 10.7 Å². The Balaban J connectivity index is 1.78. The molecule has 0 atom stereocenters. The van der Waals surface area contributed by atoms with Gasteiger partial charge in [0.15, 0.2) is 12.3 Å². The van der Waals surface area contributed by atoms with Gasteiger partial charge in [-0.3, -0.25) is 4.79 Å². The highest BCUT2D eigenvalue weighted by molar-refractivity contribution is 7.93. The van der Waals surface area contributed by atoms with Crippen LogP contribution in [-0.2, 0) is 11.0 Å². The second kappa shape index (κ2) is 8.76. The van der Waals surface area contributed by atoms with Crippen LogP contribution in [0.2, 0.25) is 5.02 Å². The number of amides is 1. The Hall–Kier alpha value is -2.69. The summed E-state index contributed by atoms with van der Waals surface area (Å²) in [6, 6.07) is 13.2. The zero-order valence-electron chi connectivity index (χ0n) is 14.5. The van der Waals surface area contributed by atoms with Gasteiger partial charge in [0.2, 0.25) is 5.88 Å². The number of benzene rings is 2. The number of carbonyl (C=O) groups is 1. The maximum Gasteiger partial charge on any atom is 0.435 e. The van der Waals surface area contributed by atoms with Crippen LogP contribution in [0.3, 0.4) is 0 Å². The largest absolute Gasteiger partial charge is 0.467 e. The lowest BCUT2D eigenvalue weighted by molar-refractivity contribution is -0.141. The molecule has 0 spiro atoms. The smallest absolute Gasteiger partial charge is 0.435 e. The molecular weight excluding hydrogens is 431 g/mol. The van der Waals surface area contributed by atoms with Crippen LogP contribution < -0.4 is 10.1 Å². The summed E-state index contributed by atoms with van der Waals surface area (Å²) in [5.41, 5.74) is -0.561. The van der Waals surface area contributed by atoms with Crippen molar-refractivity contribution in [2.24, 2.45) is 0 Å². The number of halogens is 4. The Morgan fingerprint density at radius 3 is 2.52 bits per heavy atom. The molecule has 152 valence electrons. The SMILES string of the molecule is O=C(COc1cc(C(F)(F)F)nn1-c1ccccc1Cl)Nc1ccc(SO)cc1. The van der Waals surface area contributed by atoms with E-state index in [0.29, 0.717) is 28.7 Å². The lowest BCUT2D eigenvalue weighted by atomic mass is 10.3. The third-order valence-corrected chi connectivity index (χ3v) is 4.44. The molecule has 0 aliphatic heterocycles. The average molecular weight is 444 g/mol. The topological polar surface area (TPSA) is 76.4 Å². The minimum absolute atomic E-state index is 0.167. The van der Waals surface area contributed by atoms with Crippen LogP contribution in [-0.4, -0.2) is 26.8 Å². The van der Waals surface area contributed by atoms with E-state index in [1.54, 1.807) is 36.4 Å². The second-order valence-electron chi connectivity index (χ2n) is 5.68. The summed E-state index contributed by atoms with van der Waals surface area (Å²) in [6.07, 6.45) is -4.70. The van der Waals surface area contributed by atoms with Crippen molar-refractivity contribution in [2.45, 2.75) is 11.1 Å². The molecule has 0 unspecified atom stereocenters. The van der Waals surface area contributed by atoms with Crippen LogP contribution >= 0.6 is 23.6 Å². The van der Waals surface area contributed by atoms with Crippen molar-refractivity contribution in [2.75, 3.05) is 11.9 Å². The first-order valence-corrected chi connectivity index (χ1v) is 9.19. The molecule has 0 bridgehead atoms. The number of hydrogen-bond donors (Lipinski definition) is 2. The first kappa shape index (κ1) is 21.0. The second-order valence-corrected chi connectivity index (χ2v) is 6.74. The third-order valence-electron chi connectivity index (χ3n) is 3.64. The van der Waals surface area contributed by atoms with Crippen molar-refractivity contribution in [1.82, 2.24) is 9.78 Å². The van der Waals surface area contributed by atoms with Gasteiger partial charge in [-0.05, 0) is 36.4 Å². The summed E-state index contributed by atoms with van der Waals surface area (Å²) in [6.45, 7) is -0.552. The van der Waals surface area contributed by atoms with E-state index < -0.39 is 24.4 Å². The molecule has 0 aliphatic carbocycles. The van der Waals surface area contributed by atoms with Crippen LogP contribution in [0.5, 0.6) is 5.88 Å². The number of hydrogen-bond acceptors (Lipinski definition) is 5. The van der Waals surface area contributed by atoms with Gasteiger partial charge in [0, 0.05) is 28.7 Å². The number of aromatic nitrogens is 2. The molecule has 11 heteroatoms. The van der Waals surface area contributed by atoms with Gasteiger partial charge >= 0.3 is 6.18 Å². The van der Waals surface area contributed by atoms with Crippen LogP contribution in [0, 0.1) is 0 Å². The molecule has 2 N–H and O–H groups in total. The predicted molar refractivity (Wildman–Crippen MR) is 103 cm³/mol. The highest BCUT2D eigenvalue weighted by Crippen LogP contribution is 2.33. The molecule has 2 aromatic carbocycles. The summed E-state index contributed by atoms with van der Waals surface area (Å²) >= 11 is 6.61. The van der Waals surface area contributed by atoms with E-state index in [9.17, 15) is 18.0 Å². The van der Waals surface area contributed by atoms with Gasteiger partial charge < -0.3 is 14.6 Å². The Kier molecular flexibility index (Phi) is 6.36. The number of para-hydroxylation sites is 1. The number of nitrogens with zero attached hydrogens (tertiary/aromatic N) is 2. The van der Waals surface area contributed by atoms with E-state index in [4.69, 9.17) is 20.9 Å². The fourth-order valence-corrected chi connectivity index (χ4v) is 2.81. The summed E-state index contributed by atoms with van der Waals surface area (Å²) in [4.78, 5) is 12.7. The summed E-state index contributed by atoms with van der Waals surface area (Å²) < 4.78 is 54.4. The van der Waals surface area contributed by atoms with Gasteiger partial charge in [-0.1, -0.05) is 23.7 Å². The molecular formula is C18H13ClF3N3O3S. The minimum atomic E-state index is -4.70. The molecule has 1 amide bonds. The fourth-order valence-electron chi connectivity index (χ4n) is 2.34. The molecule has 1 heterocycles. The first-order chi connectivity index (χ1) is 13.8. The molecule has 29 heavy (non-hydrogen) atoms. The van der Waals surface area contributed by atoms with Crippen molar-refractivity contribution in [3.05, 3.63) is 65.3 Å². The average Bonchev–Trinajstić information content (AvgIpc) is 3.12. The molecule has 6 nitrogen and oxygen atoms in total. The highest BCUT2D eigenvalue weighted by atomic mass is 35.5. The first-order valence-electron chi connectivity index (χ1n) is 8.04. The number of alkyl halides is 3. The highest BCUT2D eigenvalue weighted by Gasteiger charge is 2.36. The van der Waals surface area contributed by atoms with E-state index in [0.717, 1.165) is 4.68 Å². The van der Waals surface area contributed by atoms with Crippen LogP contribution in [0.1, 0.15) is 5.69 Å². The maximum atomic E-state index is 13.1. The molecule has 3 aromatic rings. The summed E-state index contributed by atoms with van der Waals surface area (Å²) in [5.74, 6) is -0.873. The monoisotopic (exact) mass is 443 g/mol. The maximum absolute atomic E-state index is 13.1. The van der Waals surface area contributed by atoms with Gasteiger partial charge in [-0.25, -0.2) is 0 Å². The van der Waals surface area contributed by atoms with Crippen molar-refractivity contribution >= 4 is 35.2 Å². The van der Waals surface area contributed by atoms with Gasteiger partial charge in [0.1, 0.15) is 0 Å². The van der Waals surface area contributed by atoms with Crippen molar-refractivity contribution in [3.8, 4) is 11.6 Å². The summed E-state index contributed by atoms with van der Waals surface area (Å²) in [5, 5.41) is 6.22. The Bertz CT molecular complexity index is 1010. The Morgan fingerprint density at radius 2 is 1.90 bits per heavy atom. The molecule has 0 saturated carbocycles. The van der Waals surface area contributed by atoms with Crippen LogP contribution in [0.25, 0.3) is 5.69 Å². The van der Waals surface area contributed by atoms with E-state index in [2.05, 4.69) is 10.4 Å². The van der Waals surface area contributed by atoms with Crippen molar-refractivity contribution in [1.29, 1.82) is 0 Å². The van der Waals surface area contributed by atoms with Gasteiger partial charge in [-0.2, -0.15) is 23.0 Å². The fraction of sp³-hybridized carbons (Fsp3) is 0.111. The quantitative estimate of drug-likeness (QED) is 0.517. The van der Waals surface area contributed by atoms with Crippen molar-refractivity contribution in [3.63, 3.8) is 0 Å². The van der Waals surface area contributed by atoms with Crippen LogP contribution in [0.15, 0.2) is 59.5 Å². The number of nitrogens with one attached hydrogen (secondary N) is 1. The molecule has 0 aliphatic rings. The van der Waals surface area contributed by atoms with Crippen LogP contribution in [0.4, 0.5) is 18.9 Å². The van der Waals surface area contributed by atoms with E-state index in [1.165, 1.54) is 12.1 Å². The molecule has 3 rings (SSSR count). The molecule has 1 aromatic heterocycles. The normalized spacial score (nSPS) is 11.3. The zero-order chi connectivity index (χ0) is 21.0. The lowest BCUT2D eigenvalue weighted by Crippen LogP contribution is -2.21. The number of carbonyl (C=O) groups excluding carboxylic acids is 1. The lowest BCUT2D eigenvalue weighted by Gasteiger charge is -2.10. The minimum Gasteiger partial charge on any atom is -0.467 e. The molecule has 0 fully saturated rings. The predicted octanol–water partition coefficient (Wildman–Crippen LogP) is 5.13. The number of ether oxygens (including phenoxy) is 1.